The van der Waals surface area contributed by atoms with Crippen LogP contribution in [0.5, 0.6) is 11.5 Å². The first kappa shape index (κ1) is 21.8. The van der Waals surface area contributed by atoms with E-state index in [1.54, 1.807) is 14.2 Å². The number of methoxy groups -OCH3 is 2. The van der Waals surface area contributed by atoms with Crippen molar-refractivity contribution in [3.8, 4) is 11.5 Å². The molecule has 0 aromatic heterocycles. The zero-order valence-corrected chi connectivity index (χ0v) is 18.5. The first-order valence-electron chi connectivity index (χ1n) is 10.7. The number of benzene rings is 2. The van der Waals surface area contributed by atoms with Crippen LogP contribution in [0.3, 0.4) is 0 Å². The van der Waals surface area contributed by atoms with Gasteiger partial charge < -0.3 is 25.0 Å². The molecule has 1 aliphatic rings. The van der Waals surface area contributed by atoms with Crippen LogP contribution in [0.1, 0.15) is 31.7 Å². The van der Waals surface area contributed by atoms with E-state index in [0.717, 1.165) is 49.2 Å². The summed E-state index contributed by atoms with van der Waals surface area (Å²) in [6.07, 6.45) is 1.06. The summed E-state index contributed by atoms with van der Waals surface area (Å²) in [4.78, 5) is 7.23. The van der Waals surface area contributed by atoms with E-state index >= 15 is 0 Å². The van der Waals surface area contributed by atoms with Gasteiger partial charge in [-0.25, -0.2) is 0 Å². The Balaban J connectivity index is 1.63. The highest BCUT2D eigenvalue weighted by atomic mass is 16.5. The molecule has 1 aliphatic heterocycles. The monoisotopic (exact) mass is 410 g/mol. The van der Waals surface area contributed by atoms with Gasteiger partial charge in [0.25, 0.3) is 0 Å². The highest BCUT2D eigenvalue weighted by Crippen LogP contribution is 2.30. The molecule has 2 unspecified atom stereocenters. The van der Waals surface area contributed by atoms with Crippen LogP contribution in [0.4, 0.5) is 5.69 Å². The SMILES string of the molecule is CCNC(=NCC(C)c1ccccc1OC)NC1CCN(c2ccccc2OC)C1. The molecule has 1 saturated heterocycles. The summed E-state index contributed by atoms with van der Waals surface area (Å²) in [5.74, 6) is 2.97. The molecule has 1 heterocycles. The number of ether oxygens (including phenoxy) is 2. The average molecular weight is 411 g/mol. The number of para-hydroxylation sites is 3. The van der Waals surface area contributed by atoms with E-state index < -0.39 is 0 Å². The fourth-order valence-electron chi connectivity index (χ4n) is 3.90. The minimum Gasteiger partial charge on any atom is -0.496 e. The van der Waals surface area contributed by atoms with E-state index in [0.29, 0.717) is 12.6 Å². The molecular weight excluding hydrogens is 376 g/mol. The standard InChI is InChI=1S/C24H34N4O2/c1-5-25-24(26-16-18(2)20-10-6-8-12-22(20)29-3)27-19-14-15-28(17-19)21-11-7-9-13-23(21)30-4/h6-13,18-19H,5,14-17H2,1-4H3,(H2,25,26,27). The minimum absolute atomic E-state index is 0.269. The molecule has 2 N–H and O–H groups in total. The van der Waals surface area contributed by atoms with E-state index in [4.69, 9.17) is 14.5 Å². The second kappa shape index (κ2) is 10.8. The summed E-state index contributed by atoms with van der Waals surface area (Å²) in [6, 6.07) is 16.7. The predicted octanol–water partition coefficient (Wildman–Crippen LogP) is 3.64. The van der Waals surface area contributed by atoms with Crippen LogP contribution >= 0.6 is 0 Å². The van der Waals surface area contributed by atoms with Gasteiger partial charge in [0.2, 0.25) is 0 Å². The maximum Gasteiger partial charge on any atom is 0.191 e. The Hall–Kier alpha value is -2.89. The lowest BCUT2D eigenvalue weighted by molar-refractivity contribution is 0.406. The van der Waals surface area contributed by atoms with Crippen LogP contribution in [0.2, 0.25) is 0 Å². The molecule has 2 aromatic carbocycles. The van der Waals surface area contributed by atoms with Crippen LogP contribution in [0.15, 0.2) is 53.5 Å². The molecular formula is C24H34N4O2. The Bertz CT molecular complexity index is 839. The minimum atomic E-state index is 0.269. The Kier molecular flexibility index (Phi) is 7.82. The summed E-state index contributed by atoms with van der Waals surface area (Å²) in [5.41, 5.74) is 2.33. The lowest BCUT2D eigenvalue weighted by atomic mass is 10.0. The number of hydrogen-bond donors (Lipinski definition) is 2. The second-order valence-electron chi connectivity index (χ2n) is 7.61. The van der Waals surface area contributed by atoms with E-state index in [9.17, 15) is 0 Å². The molecule has 6 heteroatoms. The molecule has 0 radical (unpaired) electrons. The van der Waals surface area contributed by atoms with Crippen molar-refractivity contribution in [3.63, 3.8) is 0 Å². The van der Waals surface area contributed by atoms with Gasteiger partial charge in [0.15, 0.2) is 5.96 Å². The Morgan fingerprint density at radius 1 is 1.10 bits per heavy atom. The van der Waals surface area contributed by atoms with E-state index in [2.05, 4.69) is 47.6 Å². The van der Waals surface area contributed by atoms with E-state index in [1.807, 2.05) is 30.3 Å². The summed E-state index contributed by atoms with van der Waals surface area (Å²) >= 11 is 0. The molecule has 1 fully saturated rings. The third kappa shape index (κ3) is 5.38. The molecule has 2 atom stereocenters. The maximum absolute atomic E-state index is 5.53. The van der Waals surface area contributed by atoms with Crippen molar-refractivity contribution >= 4 is 11.6 Å². The number of aliphatic imine (C=N–C) groups is 1. The molecule has 0 spiro atoms. The van der Waals surface area contributed by atoms with Crippen molar-refractivity contribution in [2.75, 3.05) is 45.3 Å². The van der Waals surface area contributed by atoms with Gasteiger partial charge in [-0.3, -0.25) is 4.99 Å². The summed E-state index contributed by atoms with van der Waals surface area (Å²) in [7, 11) is 3.44. The number of hydrogen-bond acceptors (Lipinski definition) is 4. The van der Waals surface area contributed by atoms with Crippen molar-refractivity contribution in [2.24, 2.45) is 4.99 Å². The predicted molar refractivity (Wildman–Crippen MR) is 124 cm³/mol. The first-order chi connectivity index (χ1) is 14.7. The van der Waals surface area contributed by atoms with Gasteiger partial charge in [0.1, 0.15) is 11.5 Å². The van der Waals surface area contributed by atoms with Gasteiger partial charge in [0.05, 0.1) is 19.9 Å². The molecule has 0 saturated carbocycles. The van der Waals surface area contributed by atoms with Gasteiger partial charge in [-0.2, -0.15) is 0 Å². The topological polar surface area (TPSA) is 58.1 Å². The van der Waals surface area contributed by atoms with E-state index in [1.165, 1.54) is 5.56 Å². The first-order valence-corrected chi connectivity index (χ1v) is 10.7. The lowest BCUT2D eigenvalue weighted by Crippen LogP contribution is -2.44. The van der Waals surface area contributed by atoms with Crippen LogP contribution in [-0.2, 0) is 0 Å². The second-order valence-corrected chi connectivity index (χ2v) is 7.61. The van der Waals surface area contributed by atoms with Gasteiger partial charge in [0, 0.05) is 38.1 Å². The molecule has 30 heavy (non-hydrogen) atoms. The Morgan fingerprint density at radius 2 is 1.80 bits per heavy atom. The van der Waals surface area contributed by atoms with Crippen molar-refractivity contribution in [2.45, 2.75) is 32.2 Å². The van der Waals surface area contributed by atoms with Crippen molar-refractivity contribution in [1.29, 1.82) is 0 Å². The highest BCUT2D eigenvalue weighted by Gasteiger charge is 2.25. The summed E-state index contributed by atoms with van der Waals surface area (Å²) in [5, 5.41) is 7.00. The quantitative estimate of drug-likeness (QED) is 0.514. The third-order valence-electron chi connectivity index (χ3n) is 5.49. The molecule has 2 aromatic rings. The van der Waals surface area contributed by atoms with Gasteiger partial charge in [-0.15, -0.1) is 0 Å². The van der Waals surface area contributed by atoms with E-state index in [-0.39, 0.29) is 5.92 Å². The number of nitrogens with zero attached hydrogens (tertiary/aromatic N) is 2. The van der Waals surface area contributed by atoms with Crippen LogP contribution in [-0.4, -0.2) is 52.4 Å². The number of anilines is 1. The average Bonchev–Trinajstić information content (AvgIpc) is 3.25. The molecule has 3 rings (SSSR count). The zero-order valence-electron chi connectivity index (χ0n) is 18.5. The van der Waals surface area contributed by atoms with Crippen LogP contribution in [0, 0.1) is 0 Å². The van der Waals surface area contributed by atoms with Crippen molar-refractivity contribution in [3.05, 3.63) is 54.1 Å². The maximum atomic E-state index is 5.53. The Labute approximate surface area is 180 Å². The van der Waals surface area contributed by atoms with Gasteiger partial charge in [-0.1, -0.05) is 37.3 Å². The smallest absolute Gasteiger partial charge is 0.191 e. The largest absolute Gasteiger partial charge is 0.496 e. The van der Waals surface area contributed by atoms with Gasteiger partial charge in [-0.05, 0) is 37.1 Å². The number of guanidine groups is 1. The van der Waals surface area contributed by atoms with Gasteiger partial charge >= 0.3 is 0 Å². The fraction of sp³-hybridized carbons (Fsp3) is 0.458. The molecule has 162 valence electrons. The zero-order chi connectivity index (χ0) is 21.3. The Morgan fingerprint density at radius 3 is 2.53 bits per heavy atom. The summed E-state index contributed by atoms with van der Waals surface area (Å²) in [6.45, 7) is 7.72. The van der Waals surface area contributed by atoms with Crippen molar-refractivity contribution < 1.29 is 9.47 Å². The van der Waals surface area contributed by atoms with Crippen molar-refractivity contribution in [1.82, 2.24) is 10.6 Å². The van der Waals surface area contributed by atoms with Crippen LogP contribution < -0.4 is 25.0 Å². The molecule has 0 amide bonds. The number of nitrogens with one attached hydrogen (secondary N) is 2. The molecule has 0 aliphatic carbocycles. The lowest BCUT2D eigenvalue weighted by Gasteiger charge is -2.22. The highest BCUT2D eigenvalue weighted by molar-refractivity contribution is 5.80. The van der Waals surface area contributed by atoms with Crippen LogP contribution in [0.25, 0.3) is 0 Å². The number of rotatable bonds is 8. The molecule has 6 nitrogen and oxygen atoms in total. The summed E-state index contributed by atoms with van der Waals surface area (Å²) < 4.78 is 11.0. The normalized spacial score (nSPS) is 17.5. The third-order valence-corrected chi connectivity index (χ3v) is 5.49. The fourth-order valence-corrected chi connectivity index (χ4v) is 3.90. The molecule has 0 bridgehead atoms.